The van der Waals surface area contributed by atoms with Crippen LogP contribution in [-0.2, 0) is 27.7 Å². The molecule has 0 bridgehead atoms. The monoisotopic (exact) mass is 608 g/mol. The normalized spacial score (nSPS) is 18.7. The smallest absolute Gasteiger partial charge is 0.355 e. The van der Waals surface area contributed by atoms with Crippen molar-refractivity contribution in [3.63, 3.8) is 0 Å². The molecule has 3 aromatic heterocycles. The number of carbonyl (C=O) groups is 1. The van der Waals surface area contributed by atoms with Gasteiger partial charge in [-0.05, 0) is 68.3 Å². The summed E-state index contributed by atoms with van der Waals surface area (Å²) in [5.41, 5.74) is 3.53. The van der Waals surface area contributed by atoms with E-state index in [4.69, 9.17) is 14.7 Å². The summed E-state index contributed by atoms with van der Waals surface area (Å²) in [5.74, 6) is -3.16. The Hall–Kier alpha value is -4.23. The van der Waals surface area contributed by atoms with Crippen molar-refractivity contribution in [1.29, 1.82) is 0 Å². The Kier molecular flexibility index (Phi) is 7.69. The Balaban J connectivity index is 1.18. The Morgan fingerprint density at radius 3 is 2.58 bits per heavy atom. The topological polar surface area (TPSA) is 118 Å². The van der Waals surface area contributed by atoms with E-state index in [0.29, 0.717) is 33.2 Å². The van der Waals surface area contributed by atoms with Crippen LogP contribution in [0.5, 0.6) is 0 Å². The van der Waals surface area contributed by atoms with Crippen molar-refractivity contribution in [2.24, 2.45) is 0 Å². The van der Waals surface area contributed by atoms with E-state index in [1.54, 1.807) is 24.4 Å². The van der Waals surface area contributed by atoms with Gasteiger partial charge in [-0.3, -0.25) is 14.1 Å². The first kappa shape index (κ1) is 28.9. The van der Waals surface area contributed by atoms with E-state index in [2.05, 4.69) is 15.2 Å². The molecule has 1 aromatic carbocycles. The number of rotatable bonds is 7. The second-order valence-corrected chi connectivity index (χ2v) is 12.6. The molecule has 5 heterocycles. The number of amides is 1. The largest absolute Gasteiger partial charge is 0.372 e. The molecule has 1 N–H and O–H groups in total. The van der Waals surface area contributed by atoms with Crippen LogP contribution in [0.15, 0.2) is 60.8 Å². The molecule has 2 aliphatic rings. The molecule has 0 aliphatic carbocycles. The van der Waals surface area contributed by atoms with Gasteiger partial charge in [0.1, 0.15) is 5.82 Å². The van der Waals surface area contributed by atoms with Crippen molar-refractivity contribution in [3.8, 4) is 11.4 Å². The van der Waals surface area contributed by atoms with Gasteiger partial charge < -0.3 is 15.0 Å². The number of carbonyl (C=O) groups excluding carboxylic acids is 1. The van der Waals surface area contributed by atoms with E-state index in [-0.39, 0.29) is 36.5 Å². The highest BCUT2D eigenvalue weighted by molar-refractivity contribution is 7.93. The third-order valence-corrected chi connectivity index (χ3v) is 8.98. The van der Waals surface area contributed by atoms with E-state index >= 15 is 0 Å². The molecular weight excluding hydrogens is 578 g/mol. The van der Waals surface area contributed by atoms with Crippen LogP contribution in [0.2, 0.25) is 0 Å². The number of alkyl halides is 2. The lowest BCUT2D eigenvalue weighted by Crippen LogP contribution is -2.45. The number of nitrogens with zero attached hydrogens (tertiary/aromatic N) is 5. The van der Waals surface area contributed by atoms with E-state index in [9.17, 15) is 22.0 Å². The minimum absolute atomic E-state index is 0.0813. The SMILES string of the molecule is C[C@@H]1CN(c2cccc(-c3ccc4cnc(CNC(=O)c5ccc6c(c5)N(S(=O)(=O)C(F)F)CC6)cc4n3)n2)C[C@H](C)O1. The van der Waals surface area contributed by atoms with Gasteiger partial charge in [0.25, 0.3) is 15.9 Å². The number of sulfonamides is 1. The second-order valence-electron chi connectivity index (χ2n) is 10.8. The molecule has 10 nitrogen and oxygen atoms in total. The molecule has 0 radical (unpaired) electrons. The summed E-state index contributed by atoms with van der Waals surface area (Å²) < 4.78 is 57.0. The Morgan fingerprint density at radius 1 is 1.05 bits per heavy atom. The highest BCUT2D eigenvalue weighted by atomic mass is 32.2. The number of ether oxygens (including phenoxy) is 1. The van der Waals surface area contributed by atoms with Crippen LogP contribution in [0.25, 0.3) is 22.3 Å². The molecule has 1 amide bonds. The molecule has 13 heteroatoms. The van der Waals surface area contributed by atoms with Crippen LogP contribution in [0.3, 0.4) is 0 Å². The first-order chi connectivity index (χ1) is 20.6. The fraction of sp³-hybridized carbons (Fsp3) is 0.333. The molecule has 0 saturated carbocycles. The summed E-state index contributed by atoms with van der Waals surface area (Å²) in [6, 6.07) is 15.9. The van der Waals surface area contributed by atoms with E-state index < -0.39 is 21.7 Å². The molecule has 6 rings (SSSR count). The number of aromatic nitrogens is 3. The minimum Gasteiger partial charge on any atom is -0.372 e. The van der Waals surface area contributed by atoms with Crippen LogP contribution < -0.4 is 14.5 Å². The van der Waals surface area contributed by atoms with Crippen LogP contribution in [-0.4, -0.2) is 66.9 Å². The maximum absolute atomic E-state index is 13.1. The highest BCUT2D eigenvalue weighted by Gasteiger charge is 2.36. The summed E-state index contributed by atoms with van der Waals surface area (Å²) in [4.78, 5) is 29.2. The summed E-state index contributed by atoms with van der Waals surface area (Å²) in [5, 5.41) is 3.60. The van der Waals surface area contributed by atoms with Crippen molar-refractivity contribution >= 4 is 38.3 Å². The van der Waals surface area contributed by atoms with Gasteiger partial charge in [-0.1, -0.05) is 12.1 Å². The third-order valence-electron chi connectivity index (χ3n) is 7.53. The van der Waals surface area contributed by atoms with E-state index in [1.807, 2.05) is 44.2 Å². The number of hydrogen-bond donors (Lipinski definition) is 1. The van der Waals surface area contributed by atoms with Gasteiger partial charge >= 0.3 is 5.76 Å². The Morgan fingerprint density at radius 2 is 1.81 bits per heavy atom. The molecule has 0 spiro atoms. The number of morpholine rings is 1. The lowest BCUT2D eigenvalue weighted by Gasteiger charge is -2.36. The van der Waals surface area contributed by atoms with Gasteiger partial charge in [0.2, 0.25) is 0 Å². The molecule has 43 heavy (non-hydrogen) atoms. The van der Waals surface area contributed by atoms with Crippen molar-refractivity contribution in [3.05, 3.63) is 77.6 Å². The van der Waals surface area contributed by atoms with Crippen molar-refractivity contribution < 1.29 is 26.7 Å². The van der Waals surface area contributed by atoms with Crippen molar-refractivity contribution in [1.82, 2.24) is 20.3 Å². The zero-order chi connectivity index (χ0) is 30.3. The first-order valence-corrected chi connectivity index (χ1v) is 15.4. The first-order valence-electron chi connectivity index (χ1n) is 13.9. The zero-order valence-electron chi connectivity index (χ0n) is 23.6. The van der Waals surface area contributed by atoms with Gasteiger partial charge in [-0.15, -0.1) is 0 Å². The molecule has 224 valence electrons. The Bertz CT molecular complexity index is 1790. The van der Waals surface area contributed by atoms with Crippen LogP contribution >= 0.6 is 0 Å². The number of benzene rings is 1. The standard InChI is InChI=1S/C30H30F2N6O4S/c1-18-16-37(17-19(2)42-18)28-5-3-4-24(36-28)25-9-8-22-14-33-23(13-26(22)35-25)15-34-29(39)21-7-6-20-10-11-38(27(20)12-21)43(40,41)30(31)32/h3-9,12-14,18-19,30H,10-11,15-17H2,1-2H3,(H,34,39)/t18-,19+. The summed E-state index contributed by atoms with van der Waals surface area (Å²) in [6.45, 7) is 5.60. The summed E-state index contributed by atoms with van der Waals surface area (Å²) in [6.07, 6.45) is 2.19. The van der Waals surface area contributed by atoms with Crippen LogP contribution in [0.4, 0.5) is 20.3 Å². The van der Waals surface area contributed by atoms with Crippen LogP contribution in [0.1, 0.15) is 35.5 Å². The van der Waals surface area contributed by atoms with Gasteiger partial charge in [0, 0.05) is 36.8 Å². The van der Waals surface area contributed by atoms with Crippen molar-refractivity contribution in [2.45, 2.75) is 44.8 Å². The number of halogens is 2. The van der Waals surface area contributed by atoms with Gasteiger partial charge in [0.15, 0.2) is 0 Å². The maximum atomic E-state index is 13.1. The predicted molar refractivity (Wildman–Crippen MR) is 159 cm³/mol. The maximum Gasteiger partial charge on any atom is 0.355 e. The number of hydrogen-bond acceptors (Lipinski definition) is 8. The molecule has 2 aliphatic heterocycles. The number of nitrogens with one attached hydrogen (secondary N) is 1. The molecule has 2 atom stereocenters. The Labute approximate surface area is 247 Å². The number of anilines is 2. The number of fused-ring (bicyclic) bond motifs is 2. The molecular formula is C30H30F2N6O4S. The van der Waals surface area contributed by atoms with Gasteiger partial charge in [0.05, 0.1) is 47.0 Å². The average Bonchev–Trinajstić information content (AvgIpc) is 3.43. The molecule has 1 fully saturated rings. The fourth-order valence-electron chi connectivity index (χ4n) is 5.53. The lowest BCUT2D eigenvalue weighted by atomic mass is 10.1. The zero-order valence-corrected chi connectivity index (χ0v) is 24.4. The summed E-state index contributed by atoms with van der Waals surface area (Å²) in [7, 11) is -4.81. The molecule has 4 aromatic rings. The lowest BCUT2D eigenvalue weighted by molar-refractivity contribution is -0.00545. The van der Waals surface area contributed by atoms with E-state index in [0.717, 1.165) is 30.0 Å². The molecule has 1 saturated heterocycles. The fourth-order valence-corrected chi connectivity index (χ4v) is 6.51. The second kappa shape index (κ2) is 11.5. The average molecular weight is 609 g/mol. The summed E-state index contributed by atoms with van der Waals surface area (Å²) >= 11 is 0. The third kappa shape index (κ3) is 5.87. The van der Waals surface area contributed by atoms with E-state index in [1.165, 1.54) is 6.07 Å². The van der Waals surface area contributed by atoms with Gasteiger partial charge in [-0.2, -0.15) is 8.78 Å². The minimum atomic E-state index is -4.81. The quantitative estimate of drug-likeness (QED) is 0.333. The highest BCUT2D eigenvalue weighted by Crippen LogP contribution is 2.33. The van der Waals surface area contributed by atoms with Crippen molar-refractivity contribution in [2.75, 3.05) is 28.8 Å². The van der Waals surface area contributed by atoms with Gasteiger partial charge in [-0.25, -0.2) is 18.4 Å². The van der Waals surface area contributed by atoms with Crippen LogP contribution in [0, 0.1) is 0 Å². The molecule has 0 unspecified atom stereocenters. The predicted octanol–water partition coefficient (Wildman–Crippen LogP) is 4.15. The number of pyridine rings is 3.